The van der Waals surface area contributed by atoms with Crippen LogP contribution in [0.25, 0.3) is 0 Å². The van der Waals surface area contributed by atoms with Crippen LogP contribution >= 0.6 is 7.60 Å². The second-order valence-electron chi connectivity index (χ2n) is 6.89. The zero-order valence-corrected chi connectivity index (χ0v) is 16.3. The van der Waals surface area contributed by atoms with Gasteiger partial charge in [0, 0.05) is 25.7 Å². The molecular weight excluding hydrogens is 367 g/mol. The normalized spacial score (nSPS) is 18.9. The fourth-order valence-electron chi connectivity index (χ4n) is 3.13. The van der Waals surface area contributed by atoms with Gasteiger partial charge < -0.3 is 25.1 Å². The van der Waals surface area contributed by atoms with E-state index in [0.29, 0.717) is 25.9 Å². The molecule has 0 aliphatic carbocycles. The van der Waals surface area contributed by atoms with E-state index in [1.54, 1.807) is 11.0 Å². The Labute approximate surface area is 160 Å². The van der Waals surface area contributed by atoms with Gasteiger partial charge in [0.25, 0.3) is 0 Å². The highest BCUT2D eigenvalue weighted by atomic mass is 31.2. The van der Waals surface area contributed by atoms with Crippen LogP contribution < -0.4 is 5.32 Å². The molecule has 1 unspecified atom stereocenters. The minimum Gasteiger partial charge on any atom is -0.389 e. The summed E-state index contributed by atoms with van der Waals surface area (Å²) in [6, 6.07) is 9.55. The SMILES string of the molecule is O=C1NC[C@H](C=CC(O)Cc2ccccc2)N1CCCCCCP(=O)(O)O. The highest BCUT2D eigenvalue weighted by molar-refractivity contribution is 7.51. The molecular formula is C19H29N2O5P. The van der Waals surface area contributed by atoms with Crippen molar-refractivity contribution in [1.29, 1.82) is 0 Å². The summed E-state index contributed by atoms with van der Waals surface area (Å²) in [5.74, 6) is 0. The van der Waals surface area contributed by atoms with E-state index in [4.69, 9.17) is 9.79 Å². The second-order valence-corrected chi connectivity index (χ2v) is 8.67. The average Bonchev–Trinajstić information content (AvgIpc) is 2.96. The van der Waals surface area contributed by atoms with Gasteiger partial charge in [-0.1, -0.05) is 55.3 Å². The summed E-state index contributed by atoms with van der Waals surface area (Å²) in [5.41, 5.74) is 1.06. The molecule has 150 valence electrons. The van der Waals surface area contributed by atoms with Gasteiger partial charge in [-0.25, -0.2) is 4.79 Å². The summed E-state index contributed by atoms with van der Waals surface area (Å²) >= 11 is 0. The number of unbranched alkanes of at least 4 members (excludes halogenated alkanes) is 3. The lowest BCUT2D eigenvalue weighted by molar-refractivity contribution is 0.207. The number of aliphatic hydroxyl groups excluding tert-OH is 1. The number of urea groups is 1. The fraction of sp³-hybridized carbons (Fsp3) is 0.526. The first kappa shape index (κ1) is 21.6. The Bertz CT molecular complexity index is 661. The molecule has 1 heterocycles. The third-order valence-corrected chi connectivity index (χ3v) is 5.46. The molecule has 4 N–H and O–H groups in total. The van der Waals surface area contributed by atoms with Crippen molar-refractivity contribution in [2.75, 3.05) is 19.3 Å². The first-order valence-corrected chi connectivity index (χ1v) is 11.1. The average molecular weight is 396 g/mol. The van der Waals surface area contributed by atoms with E-state index < -0.39 is 13.7 Å². The number of aliphatic hydroxyl groups is 1. The first-order chi connectivity index (χ1) is 12.8. The number of hydrogen-bond donors (Lipinski definition) is 4. The molecule has 0 spiro atoms. The van der Waals surface area contributed by atoms with Gasteiger partial charge in [0.2, 0.25) is 0 Å². The lowest BCUT2D eigenvalue weighted by Crippen LogP contribution is -2.34. The molecule has 0 saturated carbocycles. The molecule has 0 bridgehead atoms. The predicted molar refractivity (Wildman–Crippen MR) is 105 cm³/mol. The molecule has 2 amide bonds. The van der Waals surface area contributed by atoms with E-state index in [0.717, 1.165) is 24.8 Å². The van der Waals surface area contributed by atoms with Gasteiger partial charge in [-0.3, -0.25) is 4.57 Å². The Hall–Kier alpha value is -1.66. The van der Waals surface area contributed by atoms with Crippen molar-refractivity contribution < 1.29 is 24.3 Å². The van der Waals surface area contributed by atoms with Crippen LogP contribution in [-0.2, 0) is 11.0 Å². The van der Waals surface area contributed by atoms with Crippen molar-refractivity contribution in [2.24, 2.45) is 0 Å². The number of rotatable bonds is 11. The summed E-state index contributed by atoms with van der Waals surface area (Å²) in [7, 11) is -3.91. The number of amides is 2. The van der Waals surface area contributed by atoms with Crippen LogP contribution in [0.5, 0.6) is 0 Å². The molecule has 1 fully saturated rings. The van der Waals surface area contributed by atoms with Crippen LogP contribution in [0.4, 0.5) is 4.79 Å². The Morgan fingerprint density at radius 3 is 2.59 bits per heavy atom. The first-order valence-electron chi connectivity index (χ1n) is 9.34. The highest BCUT2D eigenvalue weighted by Gasteiger charge is 2.28. The van der Waals surface area contributed by atoms with Crippen molar-refractivity contribution in [1.82, 2.24) is 10.2 Å². The molecule has 27 heavy (non-hydrogen) atoms. The van der Waals surface area contributed by atoms with Gasteiger partial charge >= 0.3 is 13.6 Å². The van der Waals surface area contributed by atoms with E-state index in [9.17, 15) is 14.5 Å². The monoisotopic (exact) mass is 396 g/mol. The van der Waals surface area contributed by atoms with Gasteiger partial charge in [-0.05, 0) is 18.4 Å². The molecule has 1 aromatic rings. The lowest BCUT2D eigenvalue weighted by Gasteiger charge is -2.20. The minimum absolute atomic E-state index is 0.0815. The van der Waals surface area contributed by atoms with Crippen molar-refractivity contribution >= 4 is 13.6 Å². The fourth-order valence-corrected chi connectivity index (χ4v) is 3.76. The highest BCUT2D eigenvalue weighted by Crippen LogP contribution is 2.35. The summed E-state index contributed by atoms with van der Waals surface area (Å²) in [6.45, 7) is 1.11. The summed E-state index contributed by atoms with van der Waals surface area (Å²) in [5, 5.41) is 13.0. The number of carbonyl (C=O) groups is 1. The summed E-state index contributed by atoms with van der Waals surface area (Å²) in [4.78, 5) is 31.4. The molecule has 2 atom stereocenters. The van der Waals surface area contributed by atoms with E-state index >= 15 is 0 Å². The van der Waals surface area contributed by atoms with Crippen molar-refractivity contribution in [3.05, 3.63) is 48.0 Å². The van der Waals surface area contributed by atoms with Gasteiger partial charge in [0.15, 0.2) is 0 Å². The zero-order chi connectivity index (χ0) is 19.7. The van der Waals surface area contributed by atoms with Gasteiger partial charge in [-0.15, -0.1) is 0 Å². The number of hydrogen-bond acceptors (Lipinski definition) is 3. The van der Waals surface area contributed by atoms with Crippen LogP contribution in [-0.4, -0.2) is 57.2 Å². The number of benzene rings is 1. The summed E-state index contributed by atoms with van der Waals surface area (Å²) < 4.78 is 10.8. The molecule has 1 aliphatic rings. The number of nitrogens with zero attached hydrogens (tertiary/aromatic N) is 1. The van der Waals surface area contributed by atoms with Crippen molar-refractivity contribution in [3.8, 4) is 0 Å². The summed E-state index contributed by atoms with van der Waals surface area (Å²) in [6.07, 6.45) is 6.29. The molecule has 2 rings (SSSR count). The standard InChI is InChI=1S/C19H29N2O5P/c22-18(14-16-8-4-3-5-9-16)11-10-17-15-20-19(23)21(17)12-6-1-2-7-13-27(24,25)26/h3-5,8-11,17-18,22H,1-2,6-7,12-15H2,(H,20,23)(H2,24,25,26)/t17-,18?/m0/s1. The zero-order valence-electron chi connectivity index (χ0n) is 15.4. The smallest absolute Gasteiger partial charge is 0.325 e. The molecule has 0 aromatic heterocycles. The van der Waals surface area contributed by atoms with E-state index in [1.165, 1.54) is 0 Å². The minimum atomic E-state index is -3.91. The van der Waals surface area contributed by atoms with Crippen LogP contribution in [0.3, 0.4) is 0 Å². The predicted octanol–water partition coefficient (Wildman–Crippen LogP) is 2.28. The van der Waals surface area contributed by atoms with Crippen molar-refractivity contribution in [2.45, 2.75) is 44.2 Å². The Morgan fingerprint density at radius 1 is 1.19 bits per heavy atom. The largest absolute Gasteiger partial charge is 0.389 e. The Morgan fingerprint density at radius 2 is 1.89 bits per heavy atom. The van der Waals surface area contributed by atoms with Crippen LogP contribution in [0.15, 0.2) is 42.5 Å². The maximum absolute atomic E-state index is 12.0. The lowest BCUT2D eigenvalue weighted by atomic mass is 10.1. The molecule has 8 heteroatoms. The van der Waals surface area contributed by atoms with Gasteiger partial charge in [-0.2, -0.15) is 0 Å². The van der Waals surface area contributed by atoms with Gasteiger partial charge in [0.05, 0.1) is 12.1 Å². The maximum Gasteiger partial charge on any atom is 0.325 e. The number of carbonyl (C=O) groups excluding carboxylic acids is 1. The third-order valence-electron chi connectivity index (χ3n) is 4.57. The third kappa shape index (κ3) is 8.26. The van der Waals surface area contributed by atoms with E-state index in [1.807, 2.05) is 36.4 Å². The second kappa shape index (κ2) is 10.6. The van der Waals surface area contributed by atoms with Crippen LogP contribution in [0.2, 0.25) is 0 Å². The van der Waals surface area contributed by atoms with Gasteiger partial charge in [0.1, 0.15) is 0 Å². The molecule has 1 aliphatic heterocycles. The Kier molecular flexibility index (Phi) is 8.51. The molecule has 0 radical (unpaired) electrons. The van der Waals surface area contributed by atoms with E-state index in [-0.39, 0.29) is 18.2 Å². The van der Waals surface area contributed by atoms with Crippen LogP contribution in [0.1, 0.15) is 31.2 Å². The van der Waals surface area contributed by atoms with E-state index in [2.05, 4.69) is 5.32 Å². The topological polar surface area (TPSA) is 110 Å². The maximum atomic E-state index is 12.0. The van der Waals surface area contributed by atoms with Crippen LogP contribution in [0, 0.1) is 0 Å². The molecule has 7 nitrogen and oxygen atoms in total. The molecule has 1 saturated heterocycles. The quantitative estimate of drug-likeness (QED) is 0.261. The Balaban J connectivity index is 1.73. The number of nitrogens with one attached hydrogen (secondary N) is 1. The van der Waals surface area contributed by atoms with Crippen molar-refractivity contribution in [3.63, 3.8) is 0 Å². The molecule has 1 aromatic carbocycles.